The van der Waals surface area contributed by atoms with Crippen molar-refractivity contribution in [2.24, 2.45) is 0 Å². The van der Waals surface area contributed by atoms with Crippen molar-refractivity contribution >= 4 is 23.1 Å². The second-order valence-corrected chi connectivity index (χ2v) is 2.93. The van der Waals surface area contributed by atoms with E-state index in [1.807, 2.05) is 36.0 Å². The second kappa shape index (κ2) is 2.68. The number of nitrogens with one attached hydrogen (secondary N) is 1. The first-order valence-electron chi connectivity index (χ1n) is 3.61. The van der Waals surface area contributed by atoms with Gasteiger partial charge in [0, 0.05) is 13.2 Å². The lowest BCUT2D eigenvalue weighted by Crippen LogP contribution is -1.85. The number of rotatable bonds is 1. The molecule has 1 N–H and O–H groups in total. The highest BCUT2D eigenvalue weighted by Gasteiger charge is 1.98. The molecule has 4 heteroatoms. The van der Waals surface area contributed by atoms with Crippen molar-refractivity contribution in [1.82, 2.24) is 9.38 Å². The van der Waals surface area contributed by atoms with Crippen molar-refractivity contribution in [2.45, 2.75) is 0 Å². The summed E-state index contributed by atoms with van der Waals surface area (Å²) >= 11 is 5.80. The summed E-state index contributed by atoms with van der Waals surface area (Å²) in [6.45, 7) is 0. The molecular formula is C8H8ClN3. The van der Waals surface area contributed by atoms with E-state index in [1.165, 1.54) is 0 Å². The van der Waals surface area contributed by atoms with Crippen molar-refractivity contribution in [3.05, 3.63) is 29.5 Å². The number of anilines is 1. The highest BCUT2D eigenvalue weighted by atomic mass is 35.5. The van der Waals surface area contributed by atoms with Gasteiger partial charge in [0.05, 0.1) is 11.2 Å². The number of halogens is 1. The smallest absolute Gasteiger partial charge is 0.145 e. The number of fused-ring (bicyclic) bond motifs is 1. The number of nitrogens with zero attached hydrogens (tertiary/aromatic N) is 2. The average Bonchev–Trinajstić information content (AvgIpc) is 2.46. The fraction of sp³-hybridized carbons (Fsp3) is 0.125. The minimum Gasteiger partial charge on any atom is -0.372 e. The normalized spacial score (nSPS) is 10.5. The first kappa shape index (κ1) is 7.43. The molecule has 0 atom stereocenters. The number of hydrogen-bond donors (Lipinski definition) is 1. The van der Waals surface area contributed by atoms with Crippen LogP contribution in [0.2, 0.25) is 5.02 Å². The molecule has 0 saturated carbocycles. The van der Waals surface area contributed by atoms with Crippen LogP contribution in [-0.4, -0.2) is 16.4 Å². The highest BCUT2D eigenvalue weighted by Crippen LogP contribution is 2.13. The second-order valence-electron chi connectivity index (χ2n) is 2.49. The van der Waals surface area contributed by atoms with E-state index in [4.69, 9.17) is 11.6 Å². The molecule has 0 bridgehead atoms. The summed E-state index contributed by atoms with van der Waals surface area (Å²) < 4.78 is 1.88. The molecule has 12 heavy (non-hydrogen) atoms. The van der Waals surface area contributed by atoms with Gasteiger partial charge in [-0.1, -0.05) is 11.6 Å². The summed E-state index contributed by atoms with van der Waals surface area (Å²) in [5, 5.41) is 3.67. The molecule has 0 fully saturated rings. The summed E-state index contributed by atoms with van der Waals surface area (Å²) in [6.07, 6.45) is 3.71. The summed E-state index contributed by atoms with van der Waals surface area (Å²) in [7, 11) is 1.84. The van der Waals surface area contributed by atoms with Crippen LogP contribution < -0.4 is 5.32 Å². The molecule has 0 saturated heterocycles. The molecule has 2 aromatic heterocycles. The van der Waals surface area contributed by atoms with Gasteiger partial charge >= 0.3 is 0 Å². The Morgan fingerprint density at radius 1 is 1.42 bits per heavy atom. The molecule has 2 rings (SSSR count). The average molecular weight is 182 g/mol. The highest BCUT2D eigenvalue weighted by molar-refractivity contribution is 6.30. The molecule has 0 amide bonds. The Bertz CT molecular complexity index is 408. The van der Waals surface area contributed by atoms with Crippen molar-refractivity contribution in [1.29, 1.82) is 0 Å². The molecule has 0 aliphatic heterocycles. The van der Waals surface area contributed by atoms with Crippen LogP contribution in [0.15, 0.2) is 24.5 Å². The van der Waals surface area contributed by atoms with Crippen molar-refractivity contribution in [3.63, 3.8) is 0 Å². The van der Waals surface area contributed by atoms with Gasteiger partial charge in [0.25, 0.3) is 0 Å². The van der Waals surface area contributed by atoms with Gasteiger partial charge < -0.3 is 9.72 Å². The minimum absolute atomic E-state index is 0.711. The summed E-state index contributed by atoms with van der Waals surface area (Å²) in [6, 6.07) is 3.70. The van der Waals surface area contributed by atoms with E-state index in [0.717, 1.165) is 11.5 Å². The van der Waals surface area contributed by atoms with Crippen LogP contribution in [0.3, 0.4) is 0 Å². The number of pyridine rings is 1. The van der Waals surface area contributed by atoms with Gasteiger partial charge in [0.1, 0.15) is 11.5 Å². The number of imidazole rings is 1. The van der Waals surface area contributed by atoms with E-state index in [-0.39, 0.29) is 0 Å². The largest absolute Gasteiger partial charge is 0.372 e. The maximum absolute atomic E-state index is 5.80. The molecule has 3 nitrogen and oxygen atoms in total. The van der Waals surface area contributed by atoms with Crippen LogP contribution in [0.5, 0.6) is 0 Å². The molecular weight excluding hydrogens is 174 g/mol. The Morgan fingerprint density at radius 3 is 3.00 bits per heavy atom. The lowest BCUT2D eigenvalue weighted by atomic mass is 10.5. The molecule has 0 unspecified atom stereocenters. The predicted molar refractivity (Wildman–Crippen MR) is 49.7 cm³/mol. The Hall–Kier alpha value is -1.22. The van der Waals surface area contributed by atoms with Gasteiger partial charge in [-0.3, -0.25) is 0 Å². The van der Waals surface area contributed by atoms with Crippen molar-refractivity contribution in [2.75, 3.05) is 12.4 Å². The predicted octanol–water partition coefficient (Wildman–Crippen LogP) is 2.03. The standard InChI is InChI=1S/C8H8ClN3/c1-10-7-5-12-4-6(9)2-3-8(12)11-7/h2-5,10H,1H3. The van der Waals surface area contributed by atoms with E-state index in [0.29, 0.717) is 5.02 Å². The Morgan fingerprint density at radius 2 is 2.25 bits per heavy atom. The zero-order chi connectivity index (χ0) is 8.55. The van der Waals surface area contributed by atoms with Gasteiger partial charge in [-0.2, -0.15) is 0 Å². The maximum atomic E-state index is 5.80. The lowest BCUT2D eigenvalue weighted by molar-refractivity contribution is 1.19. The van der Waals surface area contributed by atoms with Gasteiger partial charge in [0.15, 0.2) is 0 Å². The molecule has 2 heterocycles. The minimum atomic E-state index is 0.711. The van der Waals surface area contributed by atoms with Crippen LogP contribution in [0.4, 0.5) is 5.82 Å². The molecule has 0 spiro atoms. The summed E-state index contributed by atoms with van der Waals surface area (Å²) in [4.78, 5) is 4.27. The Kier molecular flexibility index (Phi) is 1.66. The maximum Gasteiger partial charge on any atom is 0.145 e. The number of aromatic nitrogens is 2. The van der Waals surface area contributed by atoms with Crippen molar-refractivity contribution < 1.29 is 0 Å². The summed E-state index contributed by atoms with van der Waals surface area (Å²) in [5.41, 5.74) is 0.892. The van der Waals surface area contributed by atoms with E-state index in [2.05, 4.69) is 10.3 Å². The van der Waals surface area contributed by atoms with E-state index in [9.17, 15) is 0 Å². The first-order valence-corrected chi connectivity index (χ1v) is 3.99. The van der Waals surface area contributed by atoms with E-state index in [1.54, 1.807) is 0 Å². The third-order valence-corrected chi connectivity index (χ3v) is 1.89. The van der Waals surface area contributed by atoms with E-state index >= 15 is 0 Å². The Labute approximate surface area is 75.0 Å². The first-order chi connectivity index (χ1) is 5.79. The third-order valence-electron chi connectivity index (χ3n) is 1.67. The SMILES string of the molecule is CNc1cn2cc(Cl)ccc2n1. The van der Waals surface area contributed by atoms with Gasteiger partial charge in [-0.15, -0.1) is 0 Å². The lowest BCUT2D eigenvalue weighted by Gasteiger charge is -1.91. The molecule has 62 valence electrons. The zero-order valence-electron chi connectivity index (χ0n) is 6.58. The van der Waals surface area contributed by atoms with Gasteiger partial charge in [-0.25, -0.2) is 4.98 Å². The van der Waals surface area contributed by atoms with Crippen LogP contribution in [0.25, 0.3) is 5.65 Å². The molecule has 0 radical (unpaired) electrons. The van der Waals surface area contributed by atoms with Crippen LogP contribution in [-0.2, 0) is 0 Å². The van der Waals surface area contributed by atoms with Gasteiger partial charge in [0.2, 0.25) is 0 Å². The van der Waals surface area contributed by atoms with Crippen LogP contribution >= 0.6 is 11.6 Å². The number of hydrogen-bond acceptors (Lipinski definition) is 2. The molecule has 0 aliphatic rings. The molecule has 2 aromatic rings. The van der Waals surface area contributed by atoms with Crippen LogP contribution in [0.1, 0.15) is 0 Å². The quantitative estimate of drug-likeness (QED) is 0.730. The van der Waals surface area contributed by atoms with Crippen molar-refractivity contribution in [3.8, 4) is 0 Å². The van der Waals surface area contributed by atoms with E-state index < -0.39 is 0 Å². The zero-order valence-corrected chi connectivity index (χ0v) is 7.34. The fourth-order valence-electron chi connectivity index (χ4n) is 1.09. The van der Waals surface area contributed by atoms with Gasteiger partial charge in [-0.05, 0) is 12.1 Å². The molecule has 0 aromatic carbocycles. The fourth-order valence-corrected chi connectivity index (χ4v) is 1.25. The summed E-state index contributed by atoms with van der Waals surface area (Å²) in [5.74, 6) is 0.845. The monoisotopic (exact) mass is 181 g/mol. The third kappa shape index (κ3) is 1.12. The molecule has 0 aliphatic carbocycles. The van der Waals surface area contributed by atoms with Crippen LogP contribution in [0, 0.1) is 0 Å². The topological polar surface area (TPSA) is 29.3 Å². The Balaban J connectivity index is 2.67.